The van der Waals surface area contributed by atoms with Crippen molar-refractivity contribution < 1.29 is 35.9 Å². The molecule has 0 atom stereocenters. The average Bonchev–Trinajstić information content (AvgIpc) is 2.67. The van der Waals surface area contributed by atoms with Crippen molar-refractivity contribution in [1.82, 2.24) is 4.72 Å². The minimum Gasteiger partial charge on any atom is -0.481 e. The van der Waals surface area contributed by atoms with Crippen LogP contribution in [0, 0.1) is 0 Å². The third kappa shape index (κ3) is 5.80. The number of aliphatic imine (C=N–C) groups is 1. The highest BCUT2D eigenvalue weighted by Crippen LogP contribution is 2.34. The highest BCUT2D eigenvalue weighted by molar-refractivity contribution is 7.89. The lowest BCUT2D eigenvalue weighted by atomic mass is 10.1. The van der Waals surface area contributed by atoms with Crippen LogP contribution in [0.1, 0.15) is 29.8 Å². The van der Waals surface area contributed by atoms with E-state index in [-0.39, 0.29) is 34.5 Å². The topological polar surface area (TPSA) is 94.1 Å². The zero-order valence-electron chi connectivity index (χ0n) is 16.3. The number of ether oxygens (including phenoxy) is 2. The van der Waals surface area contributed by atoms with E-state index in [0.717, 1.165) is 30.3 Å². The first-order valence-electron chi connectivity index (χ1n) is 8.63. The van der Waals surface area contributed by atoms with Gasteiger partial charge in [-0.2, -0.15) is 18.2 Å². The van der Waals surface area contributed by atoms with Gasteiger partial charge < -0.3 is 9.47 Å². The van der Waals surface area contributed by atoms with Gasteiger partial charge in [0, 0.05) is 6.92 Å². The number of amides is 1. The maximum Gasteiger partial charge on any atom is 0.416 e. The summed E-state index contributed by atoms with van der Waals surface area (Å²) in [5.74, 6) is -1.19. The first-order valence-corrected chi connectivity index (χ1v) is 10.1. The van der Waals surface area contributed by atoms with Gasteiger partial charge in [-0.05, 0) is 50.4 Å². The van der Waals surface area contributed by atoms with Crippen LogP contribution in [-0.2, 0) is 20.9 Å². The number of carbonyl (C=O) groups excluding carboxylic acids is 1. The molecule has 0 radical (unpaired) electrons. The fourth-order valence-corrected chi connectivity index (χ4v) is 3.11. The summed E-state index contributed by atoms with van der Waals surface area (Å²) < 4.78 is 75.6. The molecule has 7 nitrogen and oxygen atoms in total. The molecule has 30 heavy (non-hydrogen) atoms. The van der Waals surface area contributed by atoms with Gasteiger partial charge in [0.2, 0.25) is 10.0 Å². The van der Waals surface area contributed by atoms with E-state index in [2.05, 4.69) is 9.71 Å². The van der Waals surface area contributed by atoms with Gasteiger partial charge >= 0.3 is 6.18 Å². The summed E-state index contributed by atoms with van der Waals surface area (Å²) in [5, 5.41) is 0. The van der Waals surface area contributed by atoms with E-state index in [0.29, 0.717) is 0 Å². The zero-order chi connectivity index (χ0) is 22.5. The van der Waals surface area contributed by atoms with Gasteiger partial charge in [-0.15, -0.1) is 0 Å². The molecule has 0 aliphatic heterocycles. The van der Waals surface area contributed by atoms with Crippen molar-refractivity contribution in [1.29, 1.82) is 0 Å². The van der Waals surface area contributed by atoms with Crippen molar-refractivity contribution in [3.8, 4) is 11.5 Å². The summed E-state index contributed by atoms with van der Waals surface area (Å²) in [4.78, 5) is 16.1. The Morgan fingerprint density at radius 1 is 1.17 bits per heavy atom. The molecule has 1 amide bonds. The molecule has 0 aliphatic rings. The van der Waals surface area contributed by atoms with Crippen LogP contribution in [0.25, 0.3) is 0 Å². The molecular weight excluding hydrogens is 425 g/mol. The van der Waals surface area contributed by atoms with Gasteiger partial charge in [0.1, 0.15) is 11.5 Å². The first-order chi connectivity index (χ1) is 14.0. The van der Waals surface area contributed by atoms with Crippen LogP contribution < -0.4 is 9.46 Å². The fraction of sp³-hybridized carbons (Fsp3) is 0.263. The summed E-state index contributed by atoms with van der Waals surface area (Å²) in [6.07, 6.45) is -4.58. The van der Waals surface area contributed by atoms with Gasteiger partial charge in [-0.3, -0.25) is 4.79 Å². The van der Waals surface area contributed by atoms with Crippen LogP contribution in [-0.4, -0.2) is 33.9 Å². The van der Waals surface area contributed by atoms with Gasteiger partial charge in [-0.25, -0.2) is 13.1 Å². The van der Waals surface area contributed by atoms with Crippen LogP contribution in [0.2, 0.25) is 0 Å². The molecule has 11 heteroatoms. The number of hydrogen-bond acceptors (Lipinski definition) is 5. The summed E-state index contributed by atoms with van der Waals surface area (Å²) in [7, 11) is -2.70. The summed E-state index contributed by atoms with van der Waals surface area (Å²) in [6, 6.07) is 7.42. The lowest BCUT2D eigenvalue weighted by molar-refractivity contribution is -0.137. The lowest BCUT2D eigenvalue weighted by Crippen LogP contribution is -2.19. The van der Waals surface area contributed by atoms with Crippen LogP contribution in [0.5, 0.6) is 11.5 Å². The molecule has 0 saturated carbocycles. The molecule has 0 saturated heterocycles. The number of rotatable bonds is 6. The lowest BCUT2D eigenvalue weighted by Gasteiger charge is -2.13. The number of carbonyl (C=O) groups is 1. The first kappa shape index (κ1) is 23.4. The number of nitrogens with one attached hydrogen (secondary N) is 1. The molecule has 0 unspecified atom stereocenters. The molecule has 0 aliphatic carbocycles. The Labute approximate surface area is 171 Å². The molecule has 0 bridgehead atoms. The summed E-state index contributed by atoms with van der Waals surface area (Å²) in [5.41, 5.74) is -1.20. The minimum absolute atomic E-state index is 0.0365. The molecular formula is C19H19F3N2O5S. The number of halogens is 3. The summed E-state index contributed by atoms with van der Waals surface area (Å²) in [6.45, 7) is 3.37. The Morgan fingerprint density at radius 2 is 1.87 bits per heavy atom. The highest BCUT2D eigenvalue weighted by Gasteiger charge is 2.30. The number of sulfonamides is 1. The van der Waals surface area contributed by atoms with Crippen LogP contribution in [0.3, 0.4) is 0 Å². The number of benzene rings is 2. The van der Waals surface area contributed by atoms with Crippen molar-refractivity contribution in [3.63, 3.8) is 0 Å². The standard InChI is InChI=1S/C19H19F3N2O5S/c1-4-28-12(2)24-18(25)16-11-15(30(26,27)23-3)8-9-17(16)29-14-7-5-6-13(10-14)19(20,21)22/h5-11,23H,4H2,1-3H3. The smallest absolute Gasteiger partial charge is 0.416 e. The maximum atomic E-state index is 12.9. The maximum absolute atomic E-state index is 12.9. The Morgan fingerprint density at radius 3 is 2.47 bits per heavy atom. The molecule has 2 aromatic rings. The second-order valence-electron chi connectivity index (χ2n) is 5.86. The van der Waals surface area contributed by atoms with Crippen molar-refractivity contribution in [2.45, 2.75) is 24.9 Å². The normalized spacial score (nSPS) is 12.5. The van der Waals surface area contributed by atoms with Crippen LogP contribution in [0.4, 0.5) is 13.2 Å². The second-order valence-corrected chi connectivity index (χ2v) is 7.75. The molecule has 0 fully saturated rings. The van der Waals surface area contributed by atoms with Crippen molar-refractivity contribution in [2.24, 2.45) is 4.99 Å². The SMILES string of the molecule is CCOC(C)=NC(=O)c1cc(S(=O)(=O)NC)ccc1Oc1cccc(C(F)(F)F)c1. The van der Waals surface area contributed by atoms with E-state index < -0.39 is 27.7 Å². The van der Waals surface area contributed by atoms with E-state index in [1.165, 1.54) is 26.1 Å². The third-order valence-corrected chi connectivity index (χ3v) is 5.17. The minimum atomic E-state index is -4.58. The largest absolute Gasteiger partial charge is 0.481 e. The van der Waals surface area contributed by atoms with E-state index in [4.69, 9.17) is 9.47 Å². The Hall–Kier alpha value is -2.92. The third-order valence-electron chi connectivity index (χ3n) is 3.76. The summed E-state index contributed by atoms with van der Waals surface area (Å²) >= 11 is 0. The van der Waals surface area contributed by atoms with E-state index in [1.807, 2.05) is 0 Å². The molecule has 2 aromatic carbocycles. The van der Waals surface area contributed by atoms with E-state index in [1.54, 1.807) is 6.92 Å². The Bertz CT molecular complexity index is 1070. The zero-order valence-corrected chi connectivity index (χ0v) is 17.1. The van der Waals surface area contributed by atoms with Gasteiger partial charge in [0.15, 0.2) is 5.90 Å². The van der Waals surface area contributed by atoms with Crippen molar-refractivity contribution in [2.75, 3.05) is 13.7 Å². The van der Waals surface area contributed by atoms with Crippen molar-refractivity contribution in [3.05, 3.63) is 53.6 Å². The van der Waals surface area contributed by atoms with Gasteiger partial charge in [0.25, 0.3) is 5.91 Å². The van der Waals surface area contributed by atoms with E-state index >= 15 is 0 Å². The molecule has 1 N–H and O–H groups in total. The van der Waals surface area contributed by atoms with Gasteiger partial charge in [0.05, 0.1) is 22.6 Å². The van der Waals surface area contributed by atoms with Gasteiger partial charge in [-0.1, -0.05) is 6.07 Å². The predicted molar refractivity (Wildman–Crippen MR) is 103 cm³/mol. The Balaban J connectivity index is 2.53. The van der Waals surface area contributed by atoms with Crippen LogP contribution in [0.15, 0.2) is 52.4 Å². The predicted octanol–water partition coefficient (Wildman–Crippen LogP) is 4.00. The highest BCUT2D eigenvalue weighted by atomic mass is 32.2. The average molecular weight is 444 g/mol. The Kier molecular flexibility index (Phi) is 7.21. The molecule has 0 heterocycles. The fourth-order valence-electron chi connectivity index (χ4n) is 2.36. The quantitative estimate of drug-likeness (QED) is 0.537. The molecule has 0 aromatic heterocycles. The second kappa shape index (κ2) is 9.26. The molecule has 0 spiro atoms. The van der Waals surface area contributed by atoms with Crippen molar-refractivity contribution >= 4 is 21.8 Å². The van der Waals surface area contributed by atoms with E-state index in [9.17, 15) is 26.4 Å². The monoisotopic (exact) mass is 444 g/mol. The molecule has 2 rings (SSSR count). The number of hydrogen-bond donors (Lipinski definition) is 1. The molecule has 162 valence electrons. The number of alkyl halides is 3. The van der Waals surface area contributed by atoms with Crippen LogP contribution >= 0.6 is 0 Å². The number of nitrogens with zero attached hydrogens (tertiary/aromatic N) is 1.